The van der Waals surface area contributed by atoms with Gasteiger partial charge in [0, 0.05) is 0 Å². The Kier molecular flexibility index (Phi) is 3.03. The second-order valence-corrected chi connectivity index (χ2v) is 2.52. The third-order valence-electron chi connectivity index (χ3n) is 1.59. The molecule has 1 N–H and O–H groups in total. The lowest BCUT2D eigenvalue weighted by molar-refractivity contribution is -0.132. The Balaban J connectivity index is 2.98. The molecule has 1 aromatic rings. The minimum Gasteiger partial charge on any atom is -0.478 e. The first-order valence-electron chi connectivity index (χ1n) is 3.86. The van der Waals surface area contributed by atoms with Gasteiger partial charge in [0.2, 0.25) is 0 Å². The van der Waals surface area contributed by atoms with E-state index in [-0.39, 0.29) is 5.57 Å². The molecule has 0 aliphatic carbocycles. The molecule has 0 unspecified atom stereocenters. The highest BCUT2D eigenvalue weighted by Gasteiger charge is 2.00. The van der Waals surface area contributed by atoms with Gasteiger partial charge in [-0.25, -0.2) is 4.79 Å². The average molecular weight is 174 g/mol. The van der Waals surface area contributed by atoms with Gasteiger partial charge in [-0.3, -0.25) is 0 Å². The molecule has 0 saturated heterocycles. The molecule has 0 bridgehead atoms. The van der Waals surface area contributed by atoms with E-state index in [0.29, 0.717) is 0 Å². The van der Waals surface area contributed by atoms with Crippen LogP contribution in [0.15, 0.2) is 48.6 Å². The predicted octanol–water partition coefficient (Wildman–Crippen LogP) is 2.34. The standard InChI is InChI=1S/C11H10O2/c1-2-10(11(12)13)8-9-6-4-3-5-7-9/h2-8H,1H2,(H,12,13)/b10-8-. The predicted molar refractivity (Wildman–Crippen MR) is 52.3 cm³/mol. The molecule has 0 aromatic heterocycles. The van der Waals surface area contributed by atoms with Crippen LogP contribution in [0.25, 0.3) is 6.08 Å². The fourth-order valence-electron chi connectivity index (χ4n) is 0.937. The molecule has 0 heterocycles. The van der Waals surface area contributed by atoms with Gasteiger partial charge in [0.25, 0.3) is 0 Å². The maximum absolute atomic E-state index is 10.6. The van der Waals surface area contributed by atoms with Crippen molar-refractivity contribution in [1.82, 2.24) is 0 Å². The molecule has 1 rings (SSSR count). The Morgan fingerprint density at radius 1 is 1.31 bits per heavy atom. The van der Waals surface area contributed by atoms with Crippen molar-refractivity contribution in [3.63, 3.8) is 0 Å². The Morgan fingerprint density at radius 3 is 2.38 bits per heavy atom. The zero-order valence-corrected chi connectivity index (χ0v) is 7.10. The van der Waals surface area contributed by atoms with Crippen LogP contribution >= 0.6 is 0 Å². The summed E-state index contributed by atoms with van der Waals surface area (Å²) < 4.78 is 0. The summed E-state index contributed by atoms with van der Waals surface area (Å²) in [5.74, 6) is -0.959. The summed E-state index contributed by atoms with van der Waals surface area (Å²) in [7, 11) is 0. The highest BCUT2D eigenvalue weighted by Crippen LogP contribution is 2.06. The summed E-state index contributed by atoms with van der Waals surface area (Å²) in [5, 5.41) is 8.70. The van der Waals surface area contributed by atoms with Gasteiger partial charge in [0.1, 0.15) is 0 Å². The topological polar surface area (TPSA) is 37.3 Å². The fraction of sp³-hybridized carbons (Fsp3) is 0. The number of benzene rings is 1. The van der Waals surface area contributed by atoms with Gasteiger partial charge in [-0.05, 0) is 11.6 Å². The second-order valence-electron chi connectivity index (χ2n) is 2.52. The molecule has 0 aliphatic rings. The lowest BCUT2D eigenvalue weighted by atomic mass is 10.1. The molecule has 0 fully saturated rings. The van der Waals surface area contributed by atoms with Crippen LogP contribution in [0.4, 0.5) is 0 Å². The van der Waals surface area contributed by atoms with Gasteiger partial charge < -0.3 is 5.11 Å². The van der Waals surface area contributed by atoms with Crippen molar-refractivity contribution >= 4 is 12.0 Å². The van der Waals surface area contributed by atoms with Crippen molar-refractivity contribution in [2.45, 2.75) is 0 Å². The van der Waals surface area contributed by atoms with Crippen molar-refractivity contribution in [2.24, 2.45) is 0 Å². The van der Waals surface area contributed by atoms with Crippen LogP contribution in [0.3, 0.4) is 0 Å². The van der Waals surface area contributed by atoms with Crippen LogP contribution in [-0.2, 0) is 4.79 Å². The molecule has 0 atom stereocenters. The largest absolute Gasteiger partial charge is 0.478 e. The maximum atomic E-state index is 10.6. The van der Waals surface area contributed by atoms with E-state index in [0.717, 1.165) is 5.56 Å². The van der Waals surface area contributed by atoms with E-state index in [4.69, 9.17) is 5.11 Å². The summed E-state index contributed by atoms with van der Waals surface area (Å²) in [6.45, 7) is 3.43. The molecule has 0 radical (unpaired) electrons. The number of carboxylic acids is 1. The van der Waals surface area contributed by atoms with Gasteiger partial charge in [0.15, 0.2) is 0 Å². The molecule has 1 aromatic carbocycles. The van der Waals surface area contributed by atoms with Crippen molar-refractivity contribution in [2.75, 3.05) is 0 Å². The molecule has 0 aliphatic heterocycles. The van der Waals surface area contributed by atoms with E-state index in [2.05, 4.69) is 6.58 Å². The van der Waals surface area contributed by atoms with Gasteiger partial charge in [-0.15, -0.1) is 0 Å². The summed E-state index contributed by atoms with van der Waals surface area (Å²) in [5.41, 5.74) is 1.06. The van der Waals surface area contributed by atoms with Gasteiger partial charge in [0.05, 0.1) is 5.57 Å². The maximum Gasteiger partial charge on any atom is 0.335 e. The molecule has 2 nitrogen and oxygen atoms in total. The van der Waals surface area contributed by atoms with Gasteiger partial charge in [-0.2, -0.15) is 0 Å². The second kappa shape index (κ2) is 4.26. The first kappa shape index (κ1) is 9.26. The van der Waals surface area contributed by atoms with Crippen LogP contribution in [-0.4, -0.2) is 11.1 Å². The SMILES string of the molecule is C=C/C(=C/c1ccccc1)C(=O)O. The Bertz CT molecular complexity index is 336. The number of aliphatic carboxylic acids is 1. The third-order valence-corrected chi connectivity index (χ3v) is 1.59. The third kappa shape index (κ3) is 2.60. The van der Waals surface area contributed by atoms with E-state index in [1.165, 1.54) is 6.08 Å². The molecule has 0 spiro atoms. The highest BCUT2D eigenvalue weighted by molar-refractivity contribution is 5.95. The van der Waals surface area contributed by atoms with Crippen molar-refractivity contribution in [3.8, 4) is 0 Å². The Morgan fingerprint density at radius 2 is 1.92 bits per heavy atom. The summed E-state index contributed by atoms with van der Waals surface area (Å²) >= 11 is 0. The number of hydrogen-bond acceptors (Lipinski definition) is 1. The lowest BCUT2D eigenvalue weighted by Gasteiger charge is -1.94. The van der Waals surface area contributed by atoms with Crippen LogP contribution in [0.1, 0.15) is 5.56 Å². The van der Waals surface area contributed by atoms with Crippen LogP contribution in [0.5, 0.6) is 0 Å². The summed E-state index contributed by atoms with van der Waals surface area (Å²) in [6, 6.07) is 9.27. The number of rotatable bonds is 3. The van der Waals surface area contributed by atoms with E-state index >= 15 is 0 Å². The number of carboxylic acid groups (broad SMARTS) is 1. The number of hydrogen-bond donors (Lipinski definition) is 1. The molecule has 2 heteroatoms. The fourth-order valence-corrected chi connectivity index (χ4v) is 0.937. The summed E-state index contributed by atoms with van der Waals surface area (Å²) in [4.78, 5) is 10.6. The monoisotopic (exact) mass is 174 g/mol. The van der Waals surface area contributed by atoms with Crippen molar-refractivity contribution < 1.29 is 9.90 Å². The zero-order valence-electron chi connectivity index (χ0n) is 7.10. The quantitative estimate of drug-likeness (QED) is 0.564. The van der Waals surface area contributed by atoms with Crippen LogP contribution in [0, 0.1) is 0 Å². The molecule has 0 amide bonds. The molecule has 13 heavy (non-hydrogen) atoms. The highest BCUT2D eigenvalue weighted by atomic mass is 16.4. The van der Waals surface area contributed by atoms with E-state index < -0.39 is 5.97 Å². The van der Waals surface area contributed by atoms with Crippen LogP contribution in [0.2, 0.25) is 0 Å². The number of carbonyl (C=O) groups is 1. The van der Waals surface area contributed by atoms with Gasteiger partial charge >= 0.3 is 5.97 Å². The Hall–Kier alpha value is -1.83. The van der Waals surface area contributed by atoms with E-state index in [1.807, 2.05) is 30.3 Å². The van der Waals surface area contributed by atoms with Gasteiger partial charge in [-0.1, -0.05) is 43.0 Å². The van der Waals surface area contributed by atoms with E-state index in [9.17, 15) is 4.79 Å². The van der Waals surface area contributed by atoms with Crippen LogP contribution < -0.4 is 0 Å². The summed E-state index contributed by atoms with van der Waals surface area (Å²) in [6.07, 6.45) is 2.91. The van der Waals surface area contributed by atoms with Crippen molar-refractivity contribution in [1.29, 1.82) is 0 Å². The first-order valence-corrected chi connectivity index (χ1v) is 3.86. The smallest absolute Gasteiger partial charge is 0.335 e. The molecular formula is C11H10O2. The average Bonchev–Trinajstić information content (AvgIpc) is 2.15. The minimum absolute atomic E-state index is 0.200. The van der Waals surface area contributed by atoms with Crippen molar-refractivity contribution in [3.05, 3.63) is 54.1 Å². The zero-order chi connectivity index (χ0) is 9.68. The first-order chi connectivity index (χ1) is 6.24. The minimum atomic E-state index is -0.959. The molecular weight excluding hydrogens is 164 g/mol. The lowest BCUT2D eigenvalue weighted by Crippen LogP contribution is -1.96. The normalized spacial score (nSPS) is 10.9. The van der Waals surface area contributed by atoms with E-state index in [1.54, 1.807) is 6.08 Å². The Labute approximate surface area is 76.8 Å². The molecule has 66 valence electrons. The molecule has 0 saturated carbocycles.